The zero-order valence-corrected chi connectivity index (χ0v) is 24.6. The number of esters is 2. The van der Waals surface area contributed by atoms with Crippen LogP contribution in [0.3, 0.4) is 0 Å². The van der Waals surface area contributed by atoms with E-state index in [2.05, 4.69) is 20.0 Å². The maximum Gasteiger partial charge on any atom is 0.343 e. The number of rotatable bonds is 9. The van der Waals surface area contributed by atoms with Gasteiger partial charge < -0.3 is 24.3 Å². The Hall–Kier alpha value is -4.38. The molecule has 0 atom stereocenters. The maximum absolute atomic E-state index is 12.8. The smallest absolute Gasteiger partial charge is 0.343 e. The summed E-state index contributed by atoms with van der Waals surface area (Å²) < 4.78 is 20.5. The molecule has 1 amide bonds. The van der Waals surface area contributed by atoms with Crippen LogP contribution in [0.2, 0.25) is 15.1 Å². The molecule has 0 saturated carbocycles. The maximum atomic E-state index is 12.8. The van der Waals surface area contributed by atoms with Crippen molar-refractivity contribution in [3.05, 3.63) is 98.4 Å². The lowest BCUT2D eigenvalue weighted by atomic mass is 10.0. The van der Waals surface area contributed by atoms with Crippen LogP contribution in [0.4, 0.5) is 5.69 Å². The molecule has 1 N–H and O–H groups in total. The van der Waals surface area contributed by atoms with Crippen molar-refractivity contribution in [1.29, 1.82) is 0 Å². The van der Waals surface area contributed by atoms with Gasteiger partial charge in [-0.3, -0.25) is 9.78 Å². The summed E-state index contributed by atoms with van der Waals surface area (Å²) in [6, 6.07) is 14.4. The van der Waals surface area contributed by atoms with E-state index >= 15 is 0 Å². The van der Waals surface area contributed by atoms with Gasteiger partial charge in [0.1, 0.15) is 29.3 Å². The van der Waals surface area contributed by atoms with Gasteiger partial charge in [-0.2, -0.15) is 0 Å². The van der Waals surface area contributed by atoms with Crippen LogP contribution in [0.25, 0.3) is 11.1 Å². The average molecular weight is 631 g/mol. The molecule has 2 aromatic carbocycles. The molecule has 0 aliphatic rings. The van der Waals surface area contributed by atoms with Gasteiger partial charge >= 0.3 is 11.9 Å². The lowest BCUT2D eigenvalue weighted by molar-refractivity contribution is 0.0589. The minimum Gasteiger partial charge on any atom is -0.486 e. The van der Waals surface area contributed by atoms with Gasteiger partial charge in [0.2, 0.25) is 5.88 Å². The molecule has 0 radical (unpaired) electrons. The van der Waals surface area contributed by atoms with E-state index in [4.69, 9.17) is 49.0 Å². The number of amides is 1. The Morgan fingerprint density at radius 3 is 2.19 bits per heavy atom. The lowest BCUT2D eigenvalue weighted by Gasteiger charge is -2.15. The number of carbonyl (C=O) groups is 3. The van der Waals surface area contributed by atoms with Gasteiger partial charge in [-0.1, -0.05) is 59.1 Å². The highest BCUT2D eigenvalue weighted by Gasteiger charge is 2.20. The van der Waals surface area contributed by atoms with Gasteiger partial charge in [-0.25, -0.2) is 14.6 Å². The van der Waals surface area contributed by atoms with Crippen LogP contribution in [0.1, 0.15) is 36.9 Å². The highest BCUT2D eigenvalue weighted by molar-refractivity contribution is 6.39. The second-order valence-corrected chi connectivity index (χ2v) is 9.58. The molecular weight excluding hydrogens is 609 g/mol. The van der Waals surface area contributed by atoms with Crippen molar-refractivity contribution in [2.75, 3.05) is 26.6 Å². The van der Waals surface area contributed by atoms with E-state index in [0.717, 1.165) is 0 Å². The number of pyridine rings is 2. The van der Waals surface area contributed by atoms with E-state index in [1.807, 2.05) is 0 Å². The number of aromatic nitrogens is 2. The molecule has 0 bridgehead atoms. The zero-order chi connectivity index (χ0) is 30.4. The lowest BCUT2D eigenvalue weighted by Crippen LogP contribution is -2.14. The van der Waals surface area contributed by atoms with Gasteiger partial charge in [0, 0.05) is 17.3 Å². The molecule has 0 aliphatic carbocycles. The molecule has 42 heavy (non-hydrogen) atoms. The number of benzene rings is 2. The van der Waals surface area contributed by atoms with E-state index in [1.54, 1.807) is 36.4 Å². The first-order valence-corrected chi connectivity index (χ1v) is 13.2. The van der Waals surface area contributed by atoms with Crippen LogP contribution in [0.5, 0.6) is 11.6 Å². The number of hydrogen-bond acceptors (Lipinski definition) is 9. The van der Waals surface area contributed by atoms with Crippen molar-refractivity contribution >= 4 is 58.3 Å². The quantitative estimate of drug-likeness (QED) is 0.206. The summed E-state index contributed by atoms with van der Waals surface area (Å²) >= 11 is 19.7. The van der Waals surface area contributed by atoms with Gasteiger partial charge in [0.15, 0.2) is 0 Å². The van der Waals surface area contributed by atoms with Crippen LogP contribution in [-0.4, -0.2) is 49.1 Å². The second kappa shape index (κ2) is 13.5. The molecule has 0 fully saturated rings. The third-order valence-corrected chi connectivity index (χ3v) is 7.02. The van der Waals surface area contributed by atoms with Crippen molar-refractivity contribution < 1.29 is 33.3 Å². The number of ether oxygens (including phenoxy) is 4. The van der Waals surface area contributed by atoms with Crippen LogP contribution in [0, 0.1) is 0 Å². The average Bonchev–Trinajstić information content (AvgIpc) is 3.01. The molecule has 0 aliphatic heterocycles. The number of methoxy groups -OCH3 is 3. The summed E-state index contributed by atoms with van der Waals surface area (Å²) in [5, 5.41) is 3.37. The molecule has 2 aromatic heterocycles. The van der Waals surface area contributed by atoms with Crippen LogP contribution in [-0.2, 0) is 16.1 Å². The minimum atomic E-state index is -0.646. The molecule has 0 saturated heterocycles. The second-order valence-electron chi connectivity index (χ2n) is 8.42. The van der Waals surface area contributed by atoms with E-state index in [9.17, 15) is 14.4 Å². The number of carbonyl (C=O) groups excluding carboxylic acids is 3. The Balaban J connectivity index is 1.56. The first-order valence-electron chi connectivity index (χ1n) is 12.1. The summed E-state index contributed by atoms with van der Waals surface area (Å²) in [6.07, 6.45) is 1.25. The number of nitrogens with one attached hydrogen (secondary N) is 1. The van der Waals surface area contributed by atoms with Crippen LogP contribution < -0.4 is 14.8 Å². The monoisotopic (exact) mass is 629 g/mol. The van der Waals surface area contributed by atoms with Gasteiger partial charge in [0.05, 0.1) is 47.6 Å². The Bertz CT molecular complexity index is 1660. The molecule has 216 valence electrons. The third kappa shape index (κ3) is 6.57. The molecule has 2 heterocycles. The molecule has 4 aromatic rings. The van der Waals surface area contributed by atoms with E-state index in [-0.39, 0.29) is 44.4 Å². The molecule has 4 rings (SSSR count). The summed E-state index contributed by atoms with van der Waals surface area (Å²) in [5.74, 6) is -1.41. The van der Waals surface area contributed by atoms with Crippen LogP contribution >= 0.6 is 34.8 Å². The molecule has 10 nitrogen and oxygen atoms in total. The minimum absolute atomic E-state index is 0.0324. The standard InChI is InChI=1S/C29H22Cl3N3O7/c1-39-27-18(29(38)41-3)12-19(30)22(35-27)14-42-23-9-5-7-17(25(23)32)16-6-4-8-20(24(16)31)34-26(36)21-11-10-15(13-33-21)28(37)40-2/h4-13H,14H2,1-3H3,(H,34,36). The number of halogens is 3. The van der Waals surface area contributed by atoms with Gasteiger partial charge in [0.25, 0.3) is 5.91 Å². The molecule has 0 spiro atoms. The Labute approximate surface area is 255 Å². The first kappa shape index (κ1) is 30.6. The molecular formula is C29H22Cl3N3O7. The fourth-order valence-corrected chi connectivity index (χ4v) is 4.55. The van der Waals surface area contributed by atoms with Crippen molar-refractivity contribution in [2.45, 2.75) is 6.61 Å². The highest BCUT2D eigenvalue weighted by Crippen LogP contribution is 2.41. The van der Waals surface area contributed by atoms with Crippen molar-refractivity contribution in [2.24, 2.45) is 0 Å². The predicted octanol–water partition coefficient (Wildman–Crippen LogP) is 6.52. The first-order chi connectivity index (χ1) is 20.2. The fraction of sp³-hybridized carbons (Fsp3) is 0.138. The van der Waals surface area contributed by atoms with E-state index < -0.39 is 17.8 Å². The Morgan fingerprint density at radius 2 is 1.55 bits per heavy atom. The third-order valence-electron chi connectivity index (χ3n) is 5.89. The van der Waals surface area contributed by atoms with Gasteiger partial charge in [-0.15, -0.1) is 0 Å². The fourth-order valence-electron chi connectivity index (χ4n) is 3.79. The predicted molar refractivity (Wildman–Crippen MR) is 157 cm³/mol. The molecule has 0 unspecified atom stereocenters. The van der Waals surface area contributed by atoms with E-state index in [0.29, 0.717) is 28.3 Å². The Kier molecular flexibility index (Phi) is 9.84. The summed E-state index contributed by atoms with van der Waals surface area (Å²) in [7, 11) is 3.86. The number of hydrogen-bond donors (Lipinski definition) is 1. The van der Waals surface area contributed by atoms with Crippen molar-refractivity contribution in [3.63, 3.8) is 0 Å². The summed E-state index contributed by atoms with van der Waals surface area (Å²) in [6.45, 7) is -0.0918. The number of anilines is 1. The normalized spacial score (nSPS) is 10.5. The largest absolute Gasteiger partial charge is 0.486 e. The van der Waals surface area contributed by atoms with Crippen LogP contribution in [0.15, 0.2) is 60.8 Å². The molecule has 13 heteroatoms. The van der Waals surface area contributed by atoms with E-state index in [1.165, 1.54) is 45.7 Å². The van der Waals surface area contributed by atoms with Gasteiger partial charge in [-0.05, 0) is 30.3 Å². The summed E-state index contributed by atoms with van der Waals surface area (Å²) in [5.41, 5.74) is 2.03. The van der Waals surface area contributed by atoms with Crippen molar-refractivity contribution in [3.8, 4) is 22.8 Å². The SMILES string of the molecule is COC(=O)c1ccc(C(=O)Nc2cccc(-c3cccc(OCc4nc(OC)c(C(=O)OC)cc4Cl)c3Cl)c2Cl)nc1. The Morgan fingerprint density at radius 1 is 0.857 bits per heavy atom. The summed E-state index contributed by atoms with van der Waals surface area (Å²) in [4.78, 5) is 44.7. The topological polar surface area (TPSA) is 126 Å². The zero-order valence-electron chi connectivity index (χ0n) is 22.4. The highest BCUT2D eigenvalue weighted by atomic mass is 35.5. The van der Waals surface area contributed by atoms with Crippen molar-refractivity contribution in [1.82, 2.24) is 9.97 Å². The number of nitrogens with zero attached hydrogens (tertiary/aromatic N) is 2.